The second-order valence-electron chi connectivity index (χ2n) is 5.71. The molecule has 0 saturated heterocycles. The summed E-state index contributed by atoms with van der Waals surface area (Å²) in [6.45, 7) is 1.32. The number of hydrogen-bond acceptors (Lipinski definition) is 3. The Morgan fingerprint density at radius 3 is 2.37 bits per heavy atom. The van der Waals surface area contributed by atoms with Gasteiger partial charge < -0.3 is 15.4 Å². The molecule has 0 fully saturated rings. The van der Waals surface area contributed by atoms with Crippen molar-refractivity contribution < 1.29 is 4.74 Å². The predicted molar refractivity (Wildman–Crippen MR) is 119 cm³/mol. The summed E-state index contributed by atoms with van der Waals surface area (Å²) in [7, 11) is 3.42. The van der Waals surface area contributed by atoms with Gasteiger partial charge in [0.25, 0.3) is 0 Å². The molecule has 142 valence electrons. The highest BCUT2D eigenvalue weighted by Gasteiger charge is 2.04. The molecule has 0 atom stereocenters. The van der Waals surface area contributed by atoms with Gasteiger partial charge in [-0.15, -0.1) is 24.0 Å². The number of nitrogens with one attached hydrogen (secondary N) is 2. The number of aliphatic imine (C=N–C) groups is 1. The van der Waals surface area contributed by atoms with Crippen molar-refractivity contribution in [2.24, 2.45) is 4.99 Å². The van der Waals surface area contributed by atoms with Gasteiger partial charge >= 0.3 is 0 Å². The highest BCUT2D eigenvalue weighted by molar-refractivity contribution is 14.0. The lowest BCUT2D eigenvalue weighted by molar-refractivity contribution is 0.414. The van der Waals surface area contributed by atoms with Gasteiger partial charge in [-0.1, -0.05) is 30.3 Å². The first-order valence-electron chi connectivity index (χ1n) is 8.46. The van der Waals surface area contributed by atoms with Gasteiger partial charge in [0.05, 0.1) is 25.0 Å². The van der Waals surface area contributed by atoms with Gasteiger partial charge in [-0.2, -0.15) is 5.10 Å². The molecule has 0 unspecified atom stereocenters. The van der Waals surface area contributed by atoms with Crippen LogP contribution in [0.5, 0.6) is 5.75 Å². The number of methoxy groups -OCH3 is 1. The molecule has 3 rings (SSSR count). The molecule has 2 N–H and O–H groups in total. The standard InChI is InChI=1S/C20H23N5O.HI/c1-21-20(22-14-16-6-4-3-5-7-16)23-15-17-12-13-25(24-17)18-8-10-19(26-2)11-9-18;/h3-13H,14-15H2,1-2H3,(H2,21,22,23);1H. The summed E-state index contributed by atoms with van der Waals surface area (Å²) in [4.78, 5) is 4.25. The van der Waals surface area contributed by atoms with Crippen molar-refractivity contribution in [2.45, 2.75) is 13.1 Å². The van der Waals surface area contributed by atoms with E-state index in [1.165, 1.54) is 5.56 Å². The van der Waals surface area contributed by atoms with Crippen LogP contribution in [0.3, 0.4) is 0 Å². The summed E-state index contributed by atoms with van der Waals surface area (Å²) in [6, 6.07) is 20.0. The SMILES string of the molecule is CN=C(NCc1ccccc1)NCc1ccn(-c2ccc(OC)cc2)n1.I. The van der Waals surface area contributed by atoms with Crippen LogP contribution in [0.4, 0.5) is 0 Å². The zero-order valence-corrected chi connectivity index (χ0v) is 17.8. The molecule has 6 nitrogen and oxygen atoms in total. The molecule has 1 aromatic heterocycles. The van der Waals surface area contributed by atoms with Crippen LogP contribution in [0.1, 0.15) is 11.3 Å². The van der Waals surface area contributed by atoms with Crippen LogP contribution in [0, 0.1) is 0 Å². The molecule has 27 heavy (non-hydrogen) atoms. The third-order valence-electron chi connectivity index (χ3n) is 3.94. The van der Waals surface area contributed by atoms with Crippen LogP contribution >= 0.6 is 24.0 Å². The average molecular weight is 477 g/mol. The van der Waals surface area contributed by atoms with Crippen LogP contribution in [0.15, 0.2) is 71.9 Å². The predicted octanol–water partition coefficient (Wildman–Crippen LogP) is 3.36. The van der Waals surface area contributed by atoms with Crippen molar-refractivity contribution in [3.8, 4) is 11.4 Å². The van der Waals surface area contributed by atoms with E-state index in [4.69, 9.17) is 4.74 Å². The van der Waals surface area contributed by atoms with Crippen LogP contribution in [0.2, 0.25) is 0 Å². The molecule has 7 heteroatoms. The third kappa shape index (κ3) is 5.99. The van der Waals surface area contributed by atoms with Crippen LogP contribution < -0.4 is 15.4 Å². The van der Waals surface area contributed by atoms with Crippen LogP contribution in [-0.2, 0) is 13.1 Å². The highest BCUT2D eigenvalue weighted by atomic mass is 127. The minimum atomic E-state index is 0. The van der Waals surface area contributed by atoms with E-state index in [0.29, 0.717) is 6.54 Å². The summed E-state index contributed by atoms with van der Waals surface area (Å²) in [5.41, 5.74) is 3.13. The Kier molecular flexibility index (Phi) is 8.12. The zero-order chi connectivity index (χ0) is 18.2. The van der Waals surface area contributed by atoms with E-state index in [0.717, 1.165) is 29.6 Å². The first-order chi connectivity index (χ1) is 12.8. The number of benzene rings is 2. The maximum Gasteiger partial charge on any atom is 0.191 e. The molecule has 0 amide bonds. The fraction of sp³-hybridized carbons (Fsp3) is 0.200. The Bertz CT molecular complexity index is 846. The quantitative estimate of drug-likeness (QED) is 0.325. The van der Waals surface area contributed by atoms with Gasteiger partial charge in [0.2, 0.25) is 0 Å². The van der Waals surface area contributed by atoms with Crippen molar-refractivity contribution in [2.75, 3.05) is 14.2 Å². The molecule has 0 bridgehead atoms. The molecule has 0 aliphatic rings. The smallest absolute Gasteiger partial charge is 0.191 e. The van der Waals surface area contributed by atoms with E-state index in [1.807, 2.05) is 59.4 Å². The van der Waals surface area contributed by atoms with E-state index >= 15 is 0 Å². The molecule has 2 aromatic carbocycles. The topological polar surface area (TPSA) is 63.5 Å². The number of aromatic nitrogens is 2. The highest BCUT2D eigenvalue weighted by Crippen LogP contribution is 2.14. The van der Waals surface area contributed by atoms with Crippen molar-refractivity contribution in [3.63, 3.8) is 0 Å². The lowest BCUT2D eigenvalue weighted by atomic mass is 10.2. The molecule has 0 aliphatic heterocycles. The average Bonchev–Trinajstić information content (AvgIpc) is 3.18. The Balaban J connectivity index is 0.00000261. The second-order valence-corrected chi connectivity index (χ2v) is 5.71. The lowest BCUT2D eigenvalue weighted by Crippen LogP contribution is -2.36. The first-order valence-corrected chi connectivity index (χ1v) is 8.46. The maximum atomic E-state index is 5.18. The van der Waals surface area contributed by atoms with Crippen LogP contribution in [0.25, 0.3) is 5.69 Å². The molecule has 0 spiro atoms. The van der Waals surface area contributed by atoms with Crippen molar-refractivity contribution in [1.29, 1.82) is 0 Å². The number of hydrogen-bond donors (Lipinski definition) is 2. The molecule has 3 aromatic rings. The van der Waals surface area contributed by atoms with Crippen LogP contribution in [-0.4, -0.2) is 29.9 Å². The van der Waals surface area contributed by atoms with Gasteiger partial charge in [-0.05, 0) is 35.9 Å². The van der Waals surface area contributed by atoms with E-state index in [9.17, 15) is 0 Å². The fourth-order valence-corrected chi connectivity index (χ4v) is 2.51. The van der Waals surface area contributed by atoms with Crippen molar-refractivity contribution >= 4 is 29.9 Å². The minimum absolute atomic E-state index is 0. The molecule has 0 saturated carbocycles. The fourth-order valence-electron chi connectivity index (χ4n) is 2.51. The van der Waals surface area contributed by atoms with Gasteiger partial charge in [-0.3, -0.25) is 4.99 Å². The Morgan fingerprint density at radius 1 is 1.00 bits per heavy atom. The number of halogens is 1. The molecular weight excluding hydrogens is 453 g/mol. The first kappa shape index (κ1) is 20.8. The number of guanidine groups is 1. The summed E-state index contributed by atoms with van der Waals surface area (Å²) >= 11 is 0. The van der Waals surface area contributed by atoms with Gasteiger partial charge in [0, 0.05) is 19.8 Å². The van der Waals surface area contributed by atoms with Crippen molar-refractivity contribution in [3.05, 3.63) is 78.1 Å². The molecular formula is C20H24IN5O. The molecule has 1 heterocycles. The summed E-state index contributed by atoms with van der Waals surface area (Å²) < 4.78 is 7.03. The van der Waals surface area contributed by atoms with Gasteiger partial charge in [0.1, 0.15) is 5.75 Å². The summed E-state index contributed by atoms with van der Waals surface area (Å²) in [5.74, 6) is 1.57. The van der Waals surface area contributed by atoms with E-state index in [1.54, 1.807) is 14.2 Å². The molecule has 0 radical (unpaired) electrons. The number of nitrogens with zero attached hydrogens (tertiary/aromatic N) is 3. The largest absolute Gasteiger partial charge is 0.497 e. The Morgan fingerprint density at radius 2 is 1.70 bits per heavy atom. The monoisotopic (exact) mass is 477 g/mol. The minimum Gasteiger partial charge on any atom is -0.497 e. The molecule has 0 aliphatic carbocycles. The van der Waals surface area contributed by atoms with E-state index < -0.39 is 0 Å². The van der Waals surface area contributed by atoms with E-state index in [2.05, 4.69) is 32.9 Å². The number of rotatable bonds is 6. The lowest BCUT2D eigenvalue weighted by Gasteiger charge is -2.11. The summed E-state index contributed by atoms with van der Waals surface area (Å²) in [6.07, 6.45) is 1.94. The third-order valence-corrected chi connectivity index (χ3v) is 3.94. The zero-order valence-electron chi connectivity index (χ0n) is 15.4. The Labute approximate surface area is 176 Å². The van der Waals surface area contributed by atoms with E-state index in [-0.39, 0.29) is 24.0 Å². The Hall–Kier alpha value is -2.55. The summed E-state index contributed by atoms with van der Waals surface area (Å²) in [5, 5.41) is 11.2. The maximum absolute atomic E-state index is 5.18. The van der Waals surface area contributed by atoms with Crippen molar-refractivity contribution in [1.82, 2.24) is 20.4 Å². The van der Waals surface area contributed by atoms with Gasteiger partial charge in [0.15, 0.2) is 5.96 Å². The second kappa shape index (κ2) is 10.6. The van der Waals surface area contributed by atoms with Gasteiger partial charge in [-0.25, -0.2) is 4.68 Å². The number of ether oxygens (including phenoxy) is 1. The normalized spacial score (nSPS) is 10.8.